The first-order valence-corrected chi connectivity index (χ1v) is 13.2. The molecule has 8 nitrogen and oxygen atoms in total. The molecule has 0 unspecified atom stereocenters. The van der Waals surface area contributed by atoms with Crippen LogP contribution in [0.15, 0.2) is 53.6 Å². The van der Waals surface area contributed by atoms with Gasteiger partial charge in [0.1, 0.15) is 0 Å². The molecule has 0 saturated carbocycles. The first-order chi connectivity index (χ1) is 16.5. The van der Waals surface area contributed by atoms with Gasteiger partial charge in [-0.2, -0.15) is 4.31 Å². The fourth-order valence-corrected chi connectivity index (χ4v) is 6.08. The van der Waals surface area contributed by atoms with Crippen LogP contribution in [-0.4, -0.2) is 43.1 Å². The number of rotatable bonds is 7. The molecule has 1 N–H and O–H groups in total. The van der Waals surface area contributed by atoms with Crippen LogP contribution in [0.3, 0.4) is 0 Å². The van der Waals surface area contributed by atoms with Crippen LogP contribution in [0.25, 0.3) is 10.9 Å². The Hall–Kier alpha value is -3.04. The summed E-state index contributed by atoms with van der Waals surface area (Å²) in [6.07, 6.45) is 6.21. The highest BCUT2D eigenvalue weighted by Crippen LogP contribution is 2.32. The maximum absolute atomic E-state index is 13.1. The quantitative estimate of drug-likeness (QED) is 0.554. The summed E-state index contributed by atoms with van der Waals surface area (Å²) >= 11 is 0. The van der Waals surface area contributed by atoms with E-state index >= 15 is 0 Å². The summed E-state index contributed by atoms with van der Waals surface area (Å²) in [6, 6.07) is 12.8. The number of hydrogen-bond donors (Lipinski definition) is 1. The zero-order valence-electron chi connectivity index (χ0n) is 19.0. The maximum atomic E-state index is 13.1. The summed E-state index contributed by atoms with van der Waals surface area (Å²) < 4.78 is 40.5. The van der Waals surface area contributed by atoms with E-state index < -0.39 is 10.0 Å². The molecule has 34 heavy (non-hydrogen) atoms. The Kier molecular flexibility index (Phi) is 6.47. The molecule has 0 aliphatic carbocycles. The van der Waals surface area contributed by atoms with Gasteiger partial charge in [-0.1, -0.05) is 18.9 Å². The van der Waals surface area contributed by atoms with Gasteiger partial charge < -0.3 is 19.4 Å². The van der Waals surface area contributed by atoms with Crippen LogP contribution in [-0.2, 0) is 27.9 Å². The highest BCUT2D eigenvalue weighted by atomic mass is 32.2. The van der Waals surface area contributed by atoms with E-state index in [0.29, 0.717) is 43.2 Å². The third-order valence-corrected chi connectivity index (χ3v) is 8.35. The Morgan fingerprint density at radius 3 is 2.56 bits per heavy atom. The fourth-order valence-electron chi connectivity index (χ4n) is 4.53. The number of ether oxygens (including phenoxy) is 2. The van der Waals surface area contributed by atoms with Crippen LogP contribution in [0.1, 0.15) is 37.7 Å². The van der Waals surface area contributed by atoms with Gasteiger partial charge in [0.2, 0.25) is 22.7 Å². The number of nitrogens with zero attached hydrogens (tertiary/aromatic N) is 2. The first-order valence-electron chi connectivity index (χ1n) is 11.7. The molecule has 2 aliphatic rings. The van der Waals surface area contributed by atoms with Crippen molar-refractivity contribution in [2.75, 3.05) is 19.9 Å². The number of aryl methyl sites for hydroxylation is 1. The van der Waals surface area contributed by atoms with E-state index in [-0.39, 0.29) is 12.7 Å². The van der Waals surface area contributed by atoms with Gasteiger partial charge in [0.05, 0.1) is 4.90 Å². The Labute approximate surface area is 199 Å². The smallest absolute Gasteiger partial charge is 0.243 e. The van der Waals surface area contributed by atoms with Crippen molar-refractivity contribution in [2.45, 2.75) is 50.1 Å². The summed E-state index contributed by atoms with van der Waals surface area (Å²) in [5, 5.41) is 3.80. The minimum atomic E-state index is -3.49. The molecule has 2 aliphatic heterocycles. The van der Waals surface area contributed by atoms with Crippen molar-refractivity contribution in [2.24, 2.45) is 0 Å². The largest absolute Gasteiger partial charge is 0.454 e. The minimum Gasteiger partial charge on any atom is -0.454 e. The molecule has 5 rings (SSSR count). The summed E-state index contributed by atoms with van der Waals surface area (Å²) in [6.45, 7) is 2.32. The molecule has 9 heteroatoms. The van der Waals surface area contributed by atoms with E-state index in [4.69, 9.17) is 9.47 Å². The monoisotopic (exact) mass is 483 g/mol. The molecule has 0 atom stereocenters. The average molecular weight is 484 g/mol. The van der Waals surface area contributed by atoms with E-state index in [1.165, 1.54) is 0 Å². The van der Waals surface area contributed by atoms with E-state index in [0.717, 1.165) is 47.9 Å². The Bertz CT molecular complexity index is 1290. The van der Waals surface area contributed by atoms with Gasteiger partial charge in [0.25, 0.3) is 0 Å². The summed E-state index contributed by atoms with van der Waals surface area (Å²) in [5.74, 6) is 1.36. The zero-order chi connectivity index (χ0) is 23.5. The number of nitrogens with one attached hydrogen (secondary N) is 1. The zero-order valence-corrected chi connectivity index (χ0v) is 19.9. The second kappa shape index (κ2) is 9.68. The van der Waals surface area contributed by atoms with Crippen LogP contribution >= 0.6 is 0 Å². The third-order valence-electron chi connectivity index (χ3n) is 6.45. The Morgan fingerprint density at radius 2 is 1.74 bits per heavy atom. The van der Waals surface area contributed by atoms with E-state index in [1.54, 1.807) is 16.4 Å². The molecule has 0 radical (unpaired) electrons. The van der Waals surface area contributed by atoms with Crippen LogP contribution in [0.2, 0.25) is 0 Å². The lowest BCUT2D eigenvalue weighted by Crippen LogP contribution is -2.31. The molecule has 2 aromatic carbocycles. The molecular weight excluding hydrogens is 454 g/mol. The predicted molar refractivity (Wildman–Crippen MR) is 128 cm³/mol. The summed E-state index contributed by atoms with van der Waals surface area (Å²) in [7, 11) is -3.49. The van der Waals surface area contributed by atoms with E-state index in [2.05, 4.69) is 5.32 Å². The molecular formula is C25H29N3O5S. The minimum absolute atomic E-state index is 0.0557. The molecule has 3 heterocycles. The Balaban J connectivity index is 1.20. The predicted octanol–water partition coefficient (Wildman–Crippen LogP) is 3.64. The maximum Gasteiger partial charge on any atom is 0.243 e. The van der Waals surface area contributed by atoms with Gasteiger partial charge in [-0.05, 0) is 54.8 Å². The fraction of sp³-hybridized carbons (Fsp3) is 0.400. The SMILES string of the molecule is O=C(CCn1ccc2cc(S(=O)(=O)N3CCCCCC3)ccc21)NCc1ccc2c(c1)OCO2. The highest BCUT2D eigenvalue weighted by molar-refractivity contribution is 7.89. The second-order valence-electron chi connectivity index (χ2n) is 8.76. The number of hydrogen-bond acceptors (Lipinski definition) is 5. The molecule has 1 amide bonds. The molecule has 3 aromatic rings. The van der Waals surface area contributed by atoms with Crippen LogP contribution < -0.4 is 14.8 Å². The lowest BCUT2D eigenvalue weighted by Gasteiger charge is -2.20. The van der Waals surface area contributed by atoms with Gasteiger partial charge in [-0.3, -0.25) is 4.79 Å². The van der Waals surface area contributed by atoms with Gasteiger partial charge in [0.15, 0.2) is 11.5 Å². The number of benzene rings is 2. The van der Waals surface area contributed by atoms with Crippen LogP contribution in [0.5, 0.6) is 11.5 Å². The Morgan fingerprint density at radius 1 is 0.941 bits per heavy atom. The lowest BCUT2D eigenvalue weighted by atomic mass is 10.2. The summed E-state index contributed by atoms with van der Waals surface area (Å²) in [5.41, 5.74) is 1.86. The molecule has 0 spiro atoms. The molecule has 1 fully saturated rings. The number of aromatic nitrogens is 1. The van der Waals surface area contributed by atoms with Crippen molar-refractivity contribution in [3.05, 3.63) is 54.2 Å². The van der Waals surface area contributed by atoms with Gasteiger partial charge in [0, 0.05) is 49.7 Å². The van der Waals surface area contributed by atoms with E-state index in [9.17, 15) is 13.2 Å². The lowest BCUT2D eigenvalue weighted by molar-refractivity contribution is -0.121. The number of sulfonamides is 1. The normalized spacial score (nSPS) is 16.5. The van der Waals surface area contributed by atoms with Crippen molar-refractivity contribution in [3.8, 4) is 11.5 Å². The van der Waals surface area contributed by atoms with Crippen LogP contribution in [0, 0.1) is 0 Å². The van der Waals surface area contributed by atoms with Gasteiger partial charge in [-0.25, -0.2) is 8.42 Å². The number of carbonyl (C=O) groups is 1. The first kappa shape index (κ1) is 22.7. The highest BCUT2D eigenvalue weighted by Gasteiger charge is 2.25. The van der Waals surface area contributed by atoms with Crippen molar-refractivity contribution >= 4 is 26.8 Å². The van der Waals surface area contributed by atoms with Crippen molar-refractivity contribution in [1.29, 1.82) is 0 Å². The third kappa shape index (κ3) is 4.76. The van der Waals surface area contributed by atoms with Gasteiger partial charge in [-0.15, -0.1) is 0 Å². The standard InChI is InChI=1S/C25H29N3O5S/c29-25(26-17-19-5-8-23-24(15-19)33-18-32-23)10-14-27-13-9-20-16-21(6-7-22(20)27)34(30,31)28-11-3-1-2-4-12-28/h5-9,13,15-16H,1-4,10-12,14,17-18H2,(H,26,29). The van der Waals surface area contributed by atoms with Crippen LogP contribution in [0.4, 0.5) is 0 Å². The second-order valence-corrected chi connectivity index (χ2v) is 10.7. The number of fused-ring (bicyclic) bond motifs is 2. The number of amides is 1. The van der Waals surface area contributed by atoms with Gasteiger partial charge >= 0.3 is 0 Å². The van der Waals surface area contributed by atoms with Crippen molar-refractivity contribution < 1.29 is 22.7 Å². The number of carbonyl (C=O) groups excluding carboxylic acids is 1. The van der Waals surface area contributed by atoms with Crippen molar-refractivity contribution in [3.63, 3.8) is 0 Å². The molecule has 1 aromatic heterocycles. The summed E-state index contributed by atoms with van der Waals surface area (Å²) in [4.78, 5) is 12.7. The molecule has 0 bridgehead atoms. The van der Waals surface area contributed by atoms with Crippen molar-refractivity contribution in [1.82, 2.24) is 14.2 Å². The molecule has 1 saturated heterocycles. The molecule has 180 valence electrons. The van der Waals surface area contributed by atoms with E-state index in [1.807, 2.05) is 41.1 Å². The average Bonchev–Trinajstić information content (AvgIpc) is 3.38. The topological polar surface area (TPSA) is 89.9 Å².